The standard InChI is InChI=1S/C18H19ClN2O2/c19-15-8-2-1-7-14(15)17(13-6-5-10-20-12-13)21-11-4-3-9-16(21)18(22)23/h1-2,5-8,10,12,16-17H,3-4,9,11H2,(H,22,23). The number of piperidine rings is 1. The van der Waals surface area contributed by atoms with E-state index in [0.717, 1.165) is 30.5 Å². The number of carbonyl (C=O) groups is 1. The Morgan fingerprint density at radius 3 is 2.78 bits per heavy atom. The van der Waals surface area contributed by atoms with E-state index in [0.29, 0.717) is 11.4 Å². The lowest BCUT2D eigenvalue weighted by atomic mass is 9.92. The van der Waals surface area contributed by atoms with Crippen molar-refractivity contribution in [3.8, 4) is 0 Å². The highest BCUT2D eigenvalue weighted by Gasteiger charge is 2.35. The molecule has 0 amide bonds. The molecule has 5 heteroatoms. The number of aromatic nitrogens is 1. The Morgan fingerprint density at radius 2 is 2.09 bits per heavy atom. The first-order valence-electron chi connectivity index (χ1n) is 7.81. The minimum atomic E-state index is -0.773. The maximum absolute atomic E-state index is 11.7. The predicted octanol–water partition coefficient (Wildman–Crippen LogP) is 3.76. The zero-order valence-corrected chi connectivity index (χ0v) is 13.5. The van der Waals surface area contributed by atoms with E-state index in [1.807, 2.05) is 41.3 Å². The molecule has 0 aliphatic carbocycles. The van der Waals surface area contributed by atoms with Crippen molar-refractivity contribution < 1.29 is 9.90 Å². The second kappa shape index (κ2) is 7.11. The number of carboxylic acids is 1. The van der Waals surface area contributed by atoms with Crippen LogP contribution in [-0.2, 0) is 4.79 Å². The van der Waals surface area contributed by atoms with E-state index >= 15 is 0 Å². The number of aliphatic carboxylic acids is 1. The van der Waals surface area contributed by atoms with Crippen LogP contribution in [0.2, 0.25) is 5.02 Å². The smallest absolute Gasteiger partial charge is 0.320 e. The van der Waals surface area contributed by atoms with Gasteiger partial charge in [0.15, 0.2) is 0 Å². The second-order valence-electron chi connectivity index (χ2n) is 5.80. The van der Waals surface area contributed by atoms with Gasteiger partial charge in [0, 0.05) is 17.4 Å². The maximum atomic E-state index is 11.7. The van der Waals surface area contributed by atoms with Gasteiger partial charge in [-0.05, 0) is 42.6 Å². The van der Waals surface area contributed by atoms with Crippen LogP contribution in [0.25, 0.3) is 0 Å². The fourth-order valence-corrected chi connectivity index (χ4v) is 3.55. The number of hydrogen-bond donors (Lipinski definition) is 1. The van der Waals surface area contributed by atoms with Gasteiger partial charge in [-0.25, -0.2) is 0 Å². The number of halogens is 1. The molecule has 1 aromatic carbocycles. The molecule has 23 heavy (non-hydrogen) atoms. The summed E-state index contributed by atoms with van der Waals surface area (Å²) in [5.41, 5.74) is 1.89. The summed E-state index contributed by atoms with van der Waals surface area (Å²) in [5, 5.41) is 10.3. The summed E-state index contributed by atoms with van der Waals surface area (Å²) in [6, 6.07) is 10.8. The van der Waals surface area contributed by atoms with Gasteiger partial charge in [-0.2, -0.15) is 0 Å². The third-order valence-electron chi connectivity index (χ3n) is 4.36. The Morgan fingerprint density at radius 1 is 1.26 bits per heavy atom. The average molecular weight is 331 g/mol. The highest BCUT2D eigenvalue weighted by Crippen LogP contribution is 2.36. The van der Waals surface area contributed by atoms with Crippen molar-refractivity contribution >= 4 is 17.6 Å². The van der Waals surface area contributed by atoms with E-state index in [4.69, 9.17) is 11.6 Å². The summed E-state index contributed by atoms with van der Waals surface area (Å²) in [4.78, 5) is 18.0. The second-order valence-corrected chi connectivity index (χ2v) is 6.21. The molecule has 1 aliphatic heterocycles. The molecule has 1 fully saturated rings. The molecule has 1 aliphatic rings. The lowest BCUT2D eigenvalue weighted by Gasteiger charge is -2.39. The maximum Gasteiger partial charge on any atom is 0.320 e. The molecule has 1 aromatic heterocycles. The van der Waals surface area contributed by atoms with Gasteiger partial charge < -0.3 is 5.11 Å². The number of pyridine rings is 1. The summed E-state index contributed by atoms with van der Waals surface area (Å²) in [6.45, 7) is 0.738. The molecular formula is C18H19ClN2O2. The normalized spacial score (nSPS) is 20.1. The van der Waals surface area contributed by atoms with Crippen LogP contribution >= 0.6 is 11.6 Å². The van der Waals surface area contributed by atoms with Gasteiger partial charge in [0.05, 0.1) is 6.04 Å². The Hall–Kier alpha value is -1.91. The van der Waals surface area contributed by atoms with Gasteiger partial charge in [-0.15, -0.1) is 0 Å². The van der Waals surface area contributed by atoms with E-state index in [9.17, 15) is 9.90 Å². The molecule has 2 atom stereocenters. The lowest BCUT2D eigenvalue weighted by molar-refractivity contribution is -0.145. The fraction of sp³-hybridized carbons (Fsp3) is 0.333. The molecule has 2 aromatic rings. The van der Waals surface area contributed by atoms with E-state index in [-0.39, 0.29) is 6.04 Å². The summed E-state index contributed by atoms with van der Waals surface area (Å²) >= 11 is 6.42. The van der Waals surface area contributed by atoms with Crippen LogP contribution in [0.4, 0.5) is 0 Å². The average Bonchev–Trinajstić information content (AvgIpc) is 2.58. The van der Waals surface area contributed by atoms with Gasteiger partial charge in [0.2, 0.25) is 0 Å². The SMILES string of the molecule is O=C(O)C1CCCCN1C(c1cccnc1)c1ccccc1Cl. The van der Waals surface area contributed by atoms with Crippen LogP contribution < -0.4 is 0 Å². The number of rotatable bonds is 4. The van der Waals surface area contributed by atoms with Crippen LogP contribution in [0.15, 0.2) is 48.8 Å². The number of benzene rings is 1. The van der Waals surface area contributed by atoms with E-state index in [2.05, 4.69) is 4.98 Å². The van der Waals surface area contributed by atoms with Crippen LogP contribution in [0, 0.1) is 0 Å². The monoisotopic (exact) mass is 330 g/mol. The van der Waals surface area contributed by atoms with Gasteiger partial charge >= 0.3 is 5.97 Å². The Balaban J connectivity index is 2.08. The first-order valence-corrected chi connectivity index (χ1v) is 8.19. The minimum Gasteiger partial charge on any atom is -0.480 e. The van der Waals surface area contributed by atoms with Crippen molar-refractivity contribution in [2.24, 2.45) is 0 Å². The highest BCUT2D eigenvalue weighted by molar-refractivity contribution is 6.31. The quantitative estimate of drug-likeness (QED) is 0.927. The molecular weight excluding hydrogens is 312 g/mol. The topological polar surface area (TPSA) is 53.4 Å². The van der Waals surface area contributed by atoms with Crippen LogP contribution in [0.3, 0.4) is 0 Å². The van der Waals surface area contributed by atoms with Crippen molar-refractivity contribution in [1.29, 1.82) is 0 Å². The van der Waals surface area contributed by atoms with E-state index in [1.165, 1.54) is 0 Å². The zero-order chi connectivity index (χ0) is 16.2. The third kappa shape index (κ3) is 3.38. The van der Waals surface area contributed by atoms with Crippen LogP contribution in [0.5, 0.6) is 0 Å². The molecule has 0 spiro atoms. The number of nitrogens with zero attached hydrogens (tertiary/aromatic N) is 2. The van der Waals surface area contributed by atoms with E-state index in [1.54, 1.807) is 12.4 Å². The highest BCUT2D eigenvalue weighted by atomic mass is 35.5. The molecule has 4 nitrogen and oxygen atoms in total. The summed E-state index contributed by atoms with van der Waals surface area (Å²) in [6.07, 6.45) is 6.11. The van der Waals surface area contributed by atoms with Crippen LogP contribution in [0.1, 0.15) is 36.4 Å². The van der Waals surface area contributed by atoms with Crippen molar-refractivity contribution in [1.82, 2.24) is 9.88 Å². The van der Waals surface area contributed by atoms with Crippen molar-refractivity contribution in [3.63, 3.8) is 0 Å². The molecule has 1 saturated heterocycles. The number of hydrogen-bond acceptors (Lipinski definition) is 3. The summed E-state index contributed by atoms with van der Waals surface area (Å²) in [7, 11) is 0. The molecule has 3 rings (SSSR count). The van der Waals surface area contributed by atoms with Crippen LogP contribution in [-0.4, -0.2) is 33.5 Å². The Bertz CT molecular complexity index is 678. The predicted molar refractivity (Wildman–Crippen MR) is 89.5 cm³/mol. The third-order valence-corrected chi connectivity index (χ3v) is 4.71. The van der Waals surface area contributed by atoms with E-state index < -0.39 is 12.0 Å². The molecule has 120 valence electrons. The Labute approximate surface area is 140 Å². The van der Waals surface area contributed by atoms with Gasteiger partial charge in [-0.1, -0.05) is 42.3 Å². The minimum absolute atomic E-state index is 0.196. The summed E-state index contributed by atoms with van der Waals surface area (Å²) in [5.74, 6) is -0.773. The molecule has 2 unspecified atom stereocenters. The lowest BCUT2D eigenvalue weighted by Crippen LogP contribution is -2.46. The first kappa shape index (κ1) is 16.0. The number of likely N-dealkylation sites (tertiary alicyclic amines) is 1. The molecule has 0 saturated carbocycles. The zero-order valence-electron chi connectivity index (χ0n) is 12.7. The molecule has 1 N–H and O–H groups in total. The largest absolute Gasteiger partial charge is 0.480 e. The van der Waals surface area contributed by atoms with Gasteiger partial charge in [0.1, 0.15) is 6.04 Å². The molecule has 2 heterocycles. The number of carboxylic acid groups (broad SMARTS) is 1. The van der Waals surface area contributed by atoms with Gasteiger partial charge in [-0.3, -0.25) is 14.7 Å². The van der Waals surface area contributed by atoms with Crippen molar-refractivity contribution in [3.05, 3.63) is 64.9 Å². The first-order chi connectivity index (χ1) is 11.2. The van der Waals surface area contributed by atoms with Gasteiger partial charge in [0.25, 0.3) is 0 Å². The van der Waals surface area contributed by atoms with Crippen molar-refractivity contribution in [2.75, 3.05) is 6.54 Å². The fourth-order valence-electron chi connectivity index (χ4n) is 3.31. The summed E-state index contributed by atoms with van der Waals surface area (Å²) < 4.78 is 0. The molecule has 0 radical (unpaired) electrons. The Kier molecular flexibility index (Phi) is 4.94. The van der Waals surface area contributed by atoms with Crippen molar-refractivity contribution in [2.45, 2.75) is 31.3 Å². The molecule has 0 bridgehead atoms.